The summed E-state index contributed by atoms with van der Waals surface area (Å²) in [4.78, 5) is 18.2. The Hall–Kier alpha value is -1.32. The second-order valence-corrected chi connectivity index (χ2v) is 6.49. The number of primary amides is 1. The molecular weight excluding hydrogens is 431 g/mol. The number of aromatic nitrogens is 2. The summed E-state index contributed by atoms with van der Waals surface area (Å²) in [6.07, 6.45) is 7.49. The van der Waals surface area contributed by atoms with Gasteiger partial charge in [0.1, 0.15) is 0 Å². The molecule has 0 bridgehead atoms. The van der Waals surface area contributed by atoms with Crippen LogP contribution in [0.4, 0.5) is 0 Å². The van der Waals surface area contributed by atoms with Gasteiger partial charge < -0.3 is 16.0 Å². The predicted molar refractivity (Wildman–Crippen MR) is 111 cm³/mol. The van der Waals surface area contributed by atoms with E-state index in [1.807, 2.05) is 24.0 Å². The number of guanidine groups is 1. The third-order valence-electron chi connectivity index (χ3n) is 4.21. The first-order valence-electron chi connectivity index (χ1n) is 8.89. The van der Waals surface area contributed by atoms with Crippen LogP contribution in [-0.2, 0) is 11.3 Å². The van der Waals surface area contributed by atoms with Crippen molar-refractivity contribution in [2.75, 3.05) is 26.2 Å². The molecule has 0 aliphatic carbocycles. The van der Waals surface area contributed by atoms with Crippen LogP contribution in [0.3, 0.4) is 0 Å². The molecule has 0 spiro atoms. The van der Waals surface area contributed by atoms with Gasteiger partial charge in [0.05, 0.1) is 6.20 Å². The number of carbonyl (C=O) groups is 1. The highest BCUT2D eigenvalue weighted by atomic mass is 127. The number of likely N-dealkylation sites (tertiary alicyclic amines) is 1. The minimum atomic E-state index is -0.210. The fourth-order valence-electron chi connectivity index (χ4n) is 3.14. The number of aryl methyl sites for hydroxylation is 2. The van der Waals surface area contributed by atoms with Gasteiger partial charge in [0.15, 0.2) is 5.96 Å². The normalized spacial score (nSPS) is 17.9. The Kier molecular flexibility index (Phi) is 9.84. The highest BCUT2D eigenvalue weighted by molar-refractivity contribution is 14.0. The number of nitrogens with two attached hydrogens (primary N) is 1. The molecule has 1 aliphatic rings. The standard InChI is InChI=1S/C17H30N6O.HI/c1-3-19-17(20-7-5-9-23-12-14(2)11-21-23)22-8-4-6-15(13-22)10-16(18)24;/h11-12,15H,3-10,13H2,1-2H3,(H2,18,24)(H,19,20);1H. The summed E-state index contributed by atoms with van der Waals surface area (Å²) in [5, 5.41) is 7.66. The van der Waals surface area contributed by atoms with Gasteiger partial charge in [-0.1, -0.05) is 0 Å². The van der Waals surface area contributed by atoms with Crippen LogP contribution in [-0.4, -0.2) is 52.7 Å². The fraction of sp³-hybridized carbons (Fsp3) is 0.706. The molecule has 0 saturated carbocycles. The zero-order valence-corrected chi connectivity index (χ0v) is 17.6. The zero-order valence-electron chi connectivity index (χ0n) is 15.3. The first-order chi connectivity index (χ1) is 11.6. The first kappa shape index (κ1) is 21.7. The van der Waals surface area contributed by atoms with Crippen LogP contribution in [0.5, 0.6) is 0 Å². The van der Waals surface area contributed by atoms with Gasteiger partial charge >= 0.3 is 0 Å². The van der Waals surface area contributed by atoms with Gasteiger partial charge in [0.25, 0.3) is 0 Å². The molecule has 2 rings (SSSR count). The van der Waals surface area contributed by atoms with Crippen LogP contribution >= 0.6 is 24.0 Å². The van der Waals surface area contributed by atoms with Crippen molar-refractivity contribution < 1.29 is 4.79 Å². The van der Waals surface area contributed by atoms with E-state index in [0.717, 1.165) is 57.9 Å². The molecule has 1 unspecified atom stereocenters. The molecule has 1 aromatic rings. The van der Waals surface area contributed by atoms with Crippen LogP contribution in [0.2, 0.25) is 0 Å². The molecule has 1 saturated heterocycles. The Bertz CT molecular complexity index is 559. The predicted octanol–water partition coefficient (Wildman–Crippen LogP) is 1.75. The van der Waals surface area contributed by atoms with Crippen molar-refractivity contribution >= 4 is 35.8 Å². The van der Waals surface area contributed by atoms with E-state index in [1.165, 1.54) is 5.56 Å². The topological polar surface area (TPSA) is 88.5 Å². The van der Waals surface area contributed by atoms with Crippen LogP contribution in [0.15, 0.2) is 17.4 Å². The van der Waals surface area contributed by atoms with Crippen molar-refractivity contribution in [3.63, 3.8) is 0 Å². The number of nitrogens with one attached hydrogen (secondary N) is 1. The molecule has 8 heteroatoms. The van der Waals surface area contributed by atoms with Gasteiger partial charge in [-0.05, 0) is 44.6 Å². The highest BCUT2D eigenvalue weighted by Gasteiger charge is 2.23. The number of amides is 1. The van der Waals surface area contributed by atoms with Crippen molar-refractivity contribution in [1.29, 1.82) is 0 Å². The molecule has 0 radical (unpaired) electrons. The molecule has 1 aliphatic heterocycles. The fourth-order valence-corrected chi connectivity index (χ4v) is 3.14. The van der Waals surface area contributed by atoms with E-state index in [9.17, 15) is 4.79 Å². The minimum Gasteiger partial charge on any atom is -0.370 e. The van der Waals surface area contributed by atoms with Crippen LogP contribution in [0, 0.1) is 12.8 Å². The van der Waals surface area contributed by atoms with E-state index in [-0.39, 0.29) is 29.9 Å². The molecule has 142 valence electrons. The van der Waals surface area contributed by atoms with Gasteiger partial charge in [0.2, 0.25) is 5.91 Å². The van der Waals surface area contributed by atoms with E-state index in [2.05, 4.69) is 22.2 Å². The molecule has 1 fully saturated rings. The van der Waals surface area contributed by atoms with Crippen molar-refractivity contribution in [2.24, 2.45) is 16.6 Å². The van der Waals surface area contributed by atoms with Crippen molar-refractivity contribution in [2.45, 2.75) is 46.1 Å². The molecule has 1 atom stereocenters. The Morgan fingerprint density at radius 3 is 2.96 bits per heavy atom. The van der Waals surface area contributed by atoms with Gasteiger partial charge in [-0.25, -0.2) is 0 Å². The van der Waals surface area contributed by atoms with E-state index >= 15 is 0 Å². The number of aliphatic imine (C=N–C) groups is 1. The minimum absolute atomic E-state index is 0. The molecule has 1 amide bonds. The summed E-state index contributed by atoms with van der Waals surface area (Å²) in [5.74, 6) is 1.08. The summed E-state index contributed by atoms with van der Waals surface area (Å²) in [6.45, 7) is 8.44. The average molecular weight is 462 g/mol. The van der Waals surface area contributed by atoms with Crippen LogP contribution < -0.4 is 11.1 Å². The van der Waals surface area contributed by atoms with Crippen LogP contribution in [0.25, 0.3) is 0 Å². The van der Waals surface area contributed by atoms with E-state index in [4.69, 9.17) is 10.7 Å². The summed E-state index contributed by atoms with van der Waals surface area (Å²) in [6, 6.07) is 0. The lowest BCUT2D eigenvalue weighted by molar-refractivity contribution is -0.119. The smallest absolute Gasteiger partial charge is 0.217 e. The Labute approximate surface area is 167 Å². The zero-order chi connectivity index (χ0) is 17.4. The van der Waals surface area contributed by atoms with Gasteiger partial charge in [-0.2, -0.15) is 5.10 Å². The molecule has 7 nitrogen and oxygen atoms in total. The van der Waals surface area contributed by atoms with Gasteiger partial charge in [-0.3, -0.25) is 14.5 Å². The molecular formula is C17H31IN6O. The number of hydrogen-bond acceptors (Lipinski definition) is 3. The summed E-state index contributed by atoms with van der Waals surface area (Å²) in [7, 11) is 0. The van der Waals surface area contributed by atoms with E-state index in [1.54, 1.807) is 0 Å². The lowest BCUT2D eigenvalue weighted by atomic mass is 9.95. The summed E-state index contributed by atoms with van der Waals surface area (Å²) in [5.41, 5.74) is 6.53. The monoisotopic (exact) mass is 462 g/mol. The number of hydrogen-bond donors (Lipinski definition) is 2. The third kappa shape index (κ3) is 7.62. The van der Waals surface area contributed by atoms with Crippen molar-refractivity contribution in [3.8, 4) is 0 Å². The van der Waals surface area contributed by atoms with Crippen molar-refractivity contribution in [3.05, 3.63) is 18.0 Å². The van der Waals surface area contributed by atoms with Crippen molar-refractivity contribution in [1.82, 2.24) is 20.0 Å². The Morgan fingerprint density at radius 1 is 1.52 bits per heavy atom. The van der Waals surface area contributed by atoms with Gasteiger partial charge in [-0.15, -0.1) is 24.0 Å². The maximum atomic E-state index is 11.2. The number of carbonyl (C=O) groups excluding carboxylic acids is 1. The lowest BCUT2D eigenvalue weighted by Crippen LogP contribution is -2.47. The van der Waals surface area contributed by atoms with Gasteiger partial charge in [0, 0.05) is 45.3 Å². The van der Waals surface area contributed by atoms with E-state index < -0.39 is 0 Å². The Morgan fingerprint density at radius 2 is 2.32 bits per heavy atom. The number of nitrogens with zero attached hydrogens (tertiary/aromatic N) is 4. The van der Waals surface area contributed by atoms with E-state index in [0.29, 0.717) is 12.3 Å². The Balaban J connectivity index is 0.00000312. The molecule has 25 heavy (non-hydrogen) atoms. The number of piperidine rings is 1. The second-order valence-electron chi connectivity index (χ2n) is 6.49. The molecule has 3 N–H and O–H groups in total. The first-order valence-corrected chi connectivity index (χ1v) is 8.89. The highest BCUT2D eigenvalue weighted by Crippen LogP contribution is 2.19. The largest absolute Gasteiger partial charge is 0.370 e. The third-order valence-corrected chi connectivity index (χ3v) is 4.21. The van der Waals surface area contributed by atoms with Crippen LogP contribution in [0.1, 0.15) is 38.2 Å². The second kappa shape index (κ2) is 11.3. The summed E-state index contributed by atoms with van der Waals surface area (Å²) >= 11 is 0. The maximum absolute atomic E-state index is 11.2. The quantitative estimate of drug-likeness (QED) is 0.280. The summed E-state index contributed by atoms with van der Waals surface area (Å²) < 4.78 is 1.96. The average Bonchev–Trinajstić information content (AvgIpc) is 2.95. The maximum Gasteiger partial charge on any atom is 0.217 e. The lowest BCUT2D eigenvalue weighted by Gasteiger charge is -2.34. The molecule has 0 aromatic carbocycles. The SMILES string of the molecule is CCNC(=NCCCn1cc(C)cn1)N1CCCC(CC(N)=O)C1.I. The number of rotatable bonds is 7. The number of halogens is 1. The molecule has 2 heterocycles. The molecule has 1 aromatic heterocycles.